The van der Waals surface area contributed by atoms with Gasteiger partial charge >= 0.3 is 6.09 Å². The Morgan fingerprint density at radius 1 is 1.27 bits per heavy atom. The lowest BCUT2D eigenvalue weighted by atomic mass is 9.90. The van der Waals surface area contributed by atoms with E-state index in [4.69, 9.17) is 4.74 Å². The van der Waals surface area contributed by atoms with Crippen LogP contribution < -0.4 is 0 Å². The molecule has 1 aromatic carbocycles. The maximum Gasteiger partial charge on any atom is 0.417 e. The molecule has 4 nitrogen and oxygen atoms in total. The third kappa shape index (κ3) is 4.33. The van der Waals surface area contributed by atoms with E-state index in [-0.39, 0.29) is 11.8 Å². The van der Waals surface area contributed by atoms with Gasteiger partial charge in [-0.2, -0.15) is 0 Å². The summed E-state index contributed by atoms with van der Waals surface area (Å²) in [5.41, 5.74) is 1.76. The fourth-order valence-electron chi connectivity index (χ4n) is 2.65. The van der Waals surface area contributed by atoms with Crippen LogP contribution in [0.15, 0.2) is 24.3 Å². The molecule has 0 N–H and O–H groups in total. The van der Waals surface area contributed by atoms with Crippen LogP contribution in [-0.2, 0) is 16.0 Å². The van der Waals surface area contributed by atoms with Crippen LogP contribution >= 0.6 is 0 Å². The Bertz CT molecular complexity index is 542. The summed E-state index contributed by atoms with van der Waals surface area (Å²) in [6.07, 6.45) is 1.82. The van der Waals surface area contributed by atoms with E-state index in [1.807, 2.05) is 39.8 Å². The van der Waals surface area contributed by atoms with Crippen LogP contribution in [0, 0.1) is 12.8 Å². The number of nitrogens with zero attached hydrogens (tertiary/aromatic N) is 1. The van der Waals surface area contributed by atoms with Gasteiger partial charge < -0.3 is 4.74 Å². The minimum atomic E-state index is -0.582. The molecule has 0 radical (unpaired) electrons. The molecule has 2 amide bonds. The smallest absolute Gasteiger partial charge is 0.417 e. The van der Waals surface area contributed by atoms with Crippen molar-refractivity contribution in [3.05, 3.63) is 35.4 Å². The number of benzene rings is 1. The van der Waals surface area contributed by atoms with Gasteiger partial charge in [-0.1, -0.05) is 29.8 Å². The second-order valence-electron chi connectivity index (χ2n) is 7.00. The van der Waals surface area contributed by atoms with Crippen LogP contribution in [0.3, 0.4) is 0 Å². The minimum Gasteiger partial charge on any atom is -0.443 e. The van der Waals surface area contributed by atoms with Crippen LogP contribution in [0.5, 0.6) is 0 Å². The summed E-state index contributed by atoms with van der Waals surface area (Å²) in [5, 5.41) is 0. The molecule has 4 heteroatoms. The van der Waals surface area contributed by atoms with Crippen molar-refractivity contribution in [1.82, 2.24) is 4.90 Å². The lowest BCUT2D eigenvalue weighted by Gasteiger charge is -2.32. The van der Waals surface area contributed by atoms with E-state index in [0.717, 1.165) is 18.4 Å². The Kier molecular flexibility index (Phi) is 4.89. The van der Waals surface area contributed by atoms with Crippen molar-refractivity contribution in [2.45, 2.75) is 52.6 Å². The third-order valence-corrected chi connectivity index (χ3v) is 3.77. The second kappa shape index (κ2) is 6.51. The Morgan fingerprint density at radius 3 is 2.50 bits per heavy atom. The molecule has 2 rings (SSSR count). The largest absolute Gasteiger partial charge is 0.443 e. The quantitative estimate of drug-likeness (QED) is 0.836. The average Bonchev–Trinajstić information content (AvgIpc) is 2.41. The summed E-state index contributed by atoms with van der Waals surface area (Å²) in [7, 11) is 0. The second-order valence-corrected chi connectivity index (χ2v) is 7.00. The van der Waals surface area contributed by atoms with Crippen molar-refractivity contribution in [2.24, 2.45) is 5.92 Å². The first-order valence-electron chi connectivity index (χ1n) is 7.86. The third-order valence-electron chi connectivity index (χ3n) is 3.77. The number of aryl methyl sites for hydroxylation is 1. The number of ether oxygens (including phenoxy) is 1. The molecule has 1 atom stereocenters. The number of carbonyl (C=O) groups is 2. The van der Waals surface area contributed by atoms with Crippen molar-refractivity contribution in [3.63, 3.8) is 0 Å². The maximum absolute atomic E-state index is 12.5. The van der Waals surface area contributed by atoms with E-state index in [1.165, 1.54) is 10.5 Å². The van der Waals surface area contributed by atoms with Gasteiger partial charge in [0.25, 0.3) is 0 Å². The van der Waals surface area contributed by atoms with E-state index in [1.54, 1.807) is 0 Å². The first kappa shape index (κ1) is 16.5. The fraction of sp³-hybridized carbons (Fsp3) is 0.556. The van der Waals surface area contributed by atoms with Crippen LogP contribution in [-0.4, -0.2) is 29.0 Å². The van der Waals surface area contributed by atoms with E-state index in [2.05, 4.69) is 12.1 Å². The predicted octanol–water partition coefficient (Wildman–Crippen LogP) is 3.71. The molecule has 22 heavy (non-hydrogen) atoms. The first-order valence-corrected chi connectivity index (χ1v) is 7.86. The van der Waals surface area contributed by atoms with Gasteiger partial charge in [0.1, 0.15) is 5.60 Å². The van der Waals surface area contributed by atoms with Gasteiger partial charge in [-0.3, -0.25) is 4.79 Å². The summed E-state index contributed by atoms with van der Waals surface area (Å²) in [5.74, 6) is -0.245. The molecule has 0 aliphatic carbocycles. The number of piperidine rings is 1. The molecule has 0 aromatic heterocycles. The summed E-state index contributed by atoms with van der Waals surface area (Å²) in [6.45, 7) is 7.92. The number of amides is 2. The standard InChI is InChI=1S/C18H25NO3/c1-13-7-9-14(10-8-13)12-15-6-5-11-19(16(15)20)17(21)22-18(2,3)4/h7-10,15H,5-6,11-12H2,1-4H3. The summed E-state index contributed by atoms with van der Waals surface area (Å²) >= 11 is 0. The highest BCUT2D eigenvalue weighted by Crippen LogP contribution is 2.24. The molecular formula is C18H25NO3. The molecule has 1 heterocycles. The van der Waals surface area contributed by atoms with Crippen LogP contribution in [0.25, 0.3) is 0 Å². The van der Waals surface area contributed by atoms with E-state index in [0.29, 0.717) is 13.0 Å². The van der Waals surface area contributed by atoms with Crippen molar-refractivity contribution < 1.29 is 14.3 Å². The van der Waals surface area contributed by atoms with E-state index >= 15 is 0 Å². The van der Waals surface area contributed by atoms with Gasteiger partial charge in [0, 0.05) is 12.5 Å². The lowest BCUT2D eigenvalue weighted by molar-refractivity contribution is -0.137. The monoisotopic (exact) mass is 303 g/mol. The van der Waals surface area contributed by atoms with E-state index in [9.17, 15) is 9.59 Å². The van der Waals surface area contributed by atoms with Gasteiger partial charge in [-0.15, -0.1) is 0 Å². The number of imide groups is 1. The van der Waals surface area contributed by atoms with Crippen LogP contribution in [0.1, 0.15) is 44.7 Å². The SMILES string of the molecule is Cc1ccc(CC2CCCN(C(=O)OC(C)(C)C)C2=O)cc1. The molecule has 1 saturated heterocycles. The number of rotatable bonds is 2. The lowest BCUT2D eigenvalue weighted by Crippen LogP contribution is -2.47. The van der Waals surface area contributed by atoms with E-state index < -0.39 is 11.7 Å². The molecule has 0 saturated carbocycles. The molecule has 0 spiro atoms. The summed E-state index contributed by atoms with van der Waals surface area (Å²) < 4.78 is 5.33. The van der Waals surface area contributed by atoms with Crippen molar-refractivity contribution in [3.8, 4) is 0 Å². The van der Waals surface area contributed by atoms with Crippen molar-refractivity contribution in [2.75, 3.05) is 6.54 Å². The normalized spacial score (nSPS) is 19.2. The number of likely N-dealkylation sites (tertiary alicyclic amines) is 1. The van der Waals surface area contributed by atoms with Crippen molar-refractivity contribution in [1.29, 1.82) is 0 Å². The zero-order valence-electron chi connectivity index (χ0n) is 13.9. The van der Waals surface area contributed by atoms with Crippen molar-refractivity contribution >= 4 is 12.0 Å². The van der Waals surface area contributed by atoms with Gasteiger partial charge in [-0.25, -0.2) is 9.69 Å². The predicted molar refractivity (Wildman–Crippen MR) is 85.6 cm³/mol. The summed E-state index contributed by atoms with van der Waals surface area (Å²) in [6, 6.07) is 8.20. The highest BCUT2D eigenvalue weighted by Gasteiger charge is 2.35. The Balaban J connectivity index is 2.03. The Labute approximate surface area is 132 Å². The average molecular weight is 303 g/mol. The molecule has 1 aromatic rings. The molecule has 0 bridgehead atoms. The fourth-order valence-corrected chi connectivity index (χ4v) is 2.65. The van der Waals surface area contributed by atoms with Crippen LogP contribution in [0.4, 0.5) is 4.79 Å². The number of hydrogen-bond donors (Lipinski definition) is 0. The summed E-state index contributed by atoms with van der Waals surface area (Å²) in [4.78, 5) is 26.0. The highest BCUT2D eigenvalue weighted by atomic mass is 16.6. The van der Waals surface area contributed by atoms with Crippen LogP contribution in [0.2, 0.25) is 0 Å². The topological polar surface area (TPSA) is 46.6 Å². The number of carbonyl (C=O) groups excluding carboxylic acids is 2. The maximum atomic E-state index is 12.5. The molecule has 120 valence electrons. The molecule has 1 aliphatic heterocycles. The van der Waals surface area contributed by atoms with Gasteiger partial charge in [0.05, 0.1) is 0 Å². The molecular weight excluding hydrogens is 278 g/mol. The Morgan fingerprint density at radius 2 is 1.91 bits per heavy atom. The zero-order chi connectivity index (χ0) is 16.3. The van der Waals surface area contributed by atoms with Gasteiger partial charge in [0.15, 0.2) is 0 Å². The van der Waals surface area contributed by atoms with Gasteiger partial charge in [-0.05, 0) is 52.5 Å². The van der Waals surface area contributed by atoms with Gasteiger partial charge in [0.2, 0.25) is 5.91 Å². The first-order chi connectivity index (χ1) is 10.3. The Hall–Kier alpha value is -1.84. The molecule has 1 fully saturated rings. The minimum absolute atomic E-state index is 0.110. The number of hydrogen-bond acceptors (Lipinski definition) is 3. The molecule has 1 unspecified atom stereocenters. The zero-order valence-corrected chi connectivity index (χ0v) is 13.9. The highest BCUT2D eigenvalue weighted by molar-refractivity contribution is 5.94. The molecule has 1 aliphatic rings.